The van der Waals surface area contributed by atoms with Crippen LogP contribution in [0.5, 0.6) is 0 Å². The predicted octanol–water partition coefficient (Wildman–Crippen LogP) is 1.33. The van der Waals surface area contributed by atoms with Gasteiger partial charge in [-0.1, -0.05) is 0 Å². The lowest BCUT2D eigenvalue weighted by atomic mass is 10.2. The van der Waals surface area contributed by atoms with E-state index in [4.69, 9.17) is 0 Å². The Kier molecular flexibility index (Phi) is 4.99. The van der Waals surface area contributed by atoms with Gasteiger partial charge in [-0.2, -0.15) is 0 Å². The molecule has 1 saturated heterocycles. The Bertz CT molecular complexity index is 423. The zero-order valence-electron chi connectivity index (χ0n) is 10.6. The smallest absolute Gasteiger partial charge is 0.252 e. The van der Waals surface area contributed by atoms with Crippen LogP contribution in [0.3, 0.4) is 0 Å². The molecule has 0 saturated carbocycles. The van der Waals surface area contributed by atoms with Crippen LogP contribution in [0.1, 0.15) is 10.4 Å². The summed E-state index contributed by atoms with van der Waals surface area (Å²) in [5, 5.41) is 4.94. The zero-order chi connectivity index (χ0) is 13.1. The van der Waals surface area contributed by atoms with E-state index in [1.807, 2.05) is 11.4 Å². The van der Waals surface area contributed by atoms with Crippen LogP contribution in [0.25, 0.3) is 0 Å². The maximum absolute atomic E-state index is 11.9. The normalized spacial score (nSPS) is 22.1. The first-order chi connectivity index (χ1) is 8.56. The standard InChI is InChI=1S/C12H18IN3OS/c1-15-3-4-16(2)10(7-15)6-14-12(17)9-5-11(13)18-8-9/h5,8,10H,3-4,6-7H2,1-2H3,(H,14,17). The third-order valence-electron chi connectivity index (χ3n) is 3.31. The number of nitrogens with zero attached hydrogens (tertiary/aromatic N) is 2. The number of thiophene rings is 1. The molecule has 6 heteroatoms. The Morgan fingerprint density at radius 3 is 3.00 bits per heavy atom. The zero-order valence-corrected chi connectivity index (χ0v) is 13.6. The van der Waals surface area contributed by atoms with Crippen LogP contribution in [-0.2, 0) is 0 Å². The number of rotatable bonds is 3. The second-order valence-corrected chi connectivity index (χ2v) is 7.55. The molecule has 18 heavy (non-hydrogen) atoms. The summed E-state index contributed by atoms with van der Waals surface area (Å²) >= 11 is 3.84. The molecule has 1 atom stereocenters. The van der Waals surface area contributed by atoms with Gasteiger partial charge in [0, 0.05) is 37.6 Å². The van der Waals surface area contributed by atoms with Gasteiger partial charge >= 0.3 is 0 Å². The van der Waals surface area contributed by atoms with Crippen LogP contribution in [0.15, 0.2) is 11.4 Å². The number of amides is 1. The van der Waals surface area contributed by atoms with E-state index >= 15 is 0 Å². The molecule has 0 aromatic carbocycles. The van der Waals surface area contributed by atoms with E-state index in [0.717, 1.165) is 28.1 Å². The summed E-state index contributed by atoms with van der Waals surface area (Å²) in [4.78, 5) is 16.6. The van der Waals surface area contributed by atoms with Crippen LogP contribution in [0.2, 0.25) is 0 Å². The van der Waals surface area contributed by atoms with Gasteiger partial charge in [-0.25, -0.2) is 0 Å². The highest BCUT2D eigenvalue weighted by molar-refractivity contribution is 14.1. The van der Waals surface area contributed by atoms with Crippen LogP contribution in [-0.4, -0.2) is 62.0 Å². The van der Waals surface area contributed by atoms with Gasteiger partial charge < -0.3 is 10.2 Å². The minimum absolute atomic E-state index is 0.0378. The first kappa shape index (κ1) is 14.2. The number of hydrogen-bond donors (Lipinski definition) is 1. The number of halogens is 1. The van der Waals surface area contributed by atoms with Gasteiger partial charge in [-0.3, -0.25) is 9.69 Å². The van der Waals surface area contributed by atoms with Crippen LogP contribution in [0.4, 0.5) is 0 Å². The molecule has 1 aromatic rings. The second kappa shape index (κ2) is 6.31. The highest BCUT2D eigenvalue weighted by Gasteiger charge is 2.22. The molecular formula is C12H18IN3OS. The number of piperazine rings is 1. The van der Waals surface area contributed by atoms with Crippen LogP contribution in [0, 0.1) is 2.88 Å². The molecule has 1 N–H and O–H groups in total. The Morgan fingerprint density at radius 1 is 1.56 bits per heavy atom. The third kappa shape index (κ3) is 3.66. The molecular weight excluding hydrogens is 361 g/mol. The Hall–Kier alpha value is -0.180. The molecule has 1 aliphatic rings. The van der Waals surface area contributed by atoms with Crippen molar-refractivity contribution in [2.45, 2.75) is 6.04 Å². The molecule has 1 aromatic heterocycles. The van der Waals surface area contributed by atoms with Gasteiger partial charge in [0.05, 0.1) is 8.45 Å². The third-order valence-corrected chi connectivity index (χ3v) is 5.10. The van der Waals surface area contributed by atoms with Crippen LogP contribution >= 0.6 is 33.9 Å². The minimum atomic E-state index is 0.0378. The van der Waals surface area contributed by atoms with Gasteiger partial charge in [0.2, 0.25) is 0 Å². The summed E-state index contributed by atoms with van der Waals surface area (Å²) in [5.74, 6) is 0.0378. The number of carbonyl (C=O) groups excluding carboxylic acids is 1. The summed E-state index contributed by atoms with van der Waals surface area (Å²) in [6.45, 7) is 3.89. The van der Waals surface area contributed by atoms with Crippen molar-refractivity contribution in [3.05, 3.63) is 19.9 Å². The molecule has 0 radical (unpaired) electrons. The van der Waals surface area contributed by atoms with Gasteiger partial charge in [0.25, 0.3) is 5.91 Å². The summed E-state index contributed by atoms with van der Waals surface area (Å²) in [7, 11) is 4.25. The maximum Gasteiger partial charge on any atom is 0.252 e. The van der Waals surface area contributed by atoms with E-state index in [0.29, 0.717) is 12.6 Å². The van der Waals surface area contributed by atoms with Crippen LogP contribution < -0.4 is 5.32 Å². The maximum atomic E-state index is 11.9. The van der Waals surface area contributed by atoms with Crippen molar-refractivity contribution in [1.82, 2.24) is 15.1 Å². The average molecular weight is 379 g/mol. The Labute approximate surface area is 125 Å². The molecule has 0 bridgehead atoms. The number of carbonyl (C=O) groups is 1. The van der Waals surface area contributed by atoms with Gasteiger partial charge in [0.1, 0.15) is 0 Å². The first-order valence-electron chi connectivity index (χ1n) is 5.97. The molecule has 1 amide bonds. The molecule has 4 nitrogen and oxygen atoms in total. The predicted molar refractivity (Wildman–Crippen MR) is 83.3 cm³/mol. The van der Waals surface area contributed by atoms with E-state index in [9.17, 15) is 4.79 Å². The highest BCUT2D eigenvalue weighted by atomic mass is 127. The van der Waals surface area contributed by atoms with Gasteiger partial charge in [-0.15, -0.1) is 11.3 Å². The molecule has 1 fully saturated rings. The first-order valence-corrected chi connectivity index (χ1v) is 7.93. The second-order valence-electron chi connectivity index (χ2n) is 4.75. The quantitative estimate of drug-likeness (QED) is 0.805. The number of hydrogen-bond acceptors (Lipinski definition) is 4. The largest absolute Gasteiger partial charge is 0.350 e. The molecule has 100 valence electrons. The molecule has 0 aliphatic carbocycles. The van der Waals surface area contributed by atoms with Crippen molar-refractivity contribution < 1.29 is 4.79 Å². The van der Waals surface area contributed by atoms with Crippen molar-refractivity contribution in [2.24, 2.45) is 0 Å². The minimum Gasteiger partial charge on any atom is -0.350 e. The van der Waals surface area contributed by atoms with Gasteiger partial charge in [-0.05, 0) is 42.8 Å². The van der Waals surface area contributed by atoms with E-state index in [-0.39, 0.29) is 5.91 Å². The summed E-state index contributed by atoms with van der Waals surface area (Å²) in [6, 6.07) is 2.34. The lowest BCUT2D eigenvalue weighted by molar-refractivity contribution is 0.0881. The average Bonchev–Trinajstić information content (AvgIpc) is 2.77. The highest BCUT2D eigenvalue weighted by Crippen LogP contribution is 2.16. The van der Waals surface area contributed by atoms with E-state index in [1.54, 1.807) is 11.3 Å². The van der Waals surface area contributed by atoms with Crippen molar-refractivity contribution in [3.8, 4) is 0 Å². The SMILES string of the molecule is CN1CCN(C)C(CNC(=O)c2csc(I)c2)C1. The topological polar surface area (TPSA) is 35.6 Å². The Morgan fingerprint density at radius 2 is 2.33 bits per heavy atom. The molecule has 2 rings (SSSR count). The van der Waals surface area contributed by atoms with Crippen molar-refractivity contribution in [1.29, 1.82) is 0 Å². The lowest BCUT2D eigenvalue weighted by Gasteiger charge is -2.37. The fourth-order valence-electron chi connectivity index (χ4n) is 2.06. The Balaban J connectivity index is 1.85. The van der Waals surface area contributed by atoms with Crippen molar-refractivity contribution in [2.75, 3.05) is 40.3 Å². The molecule has 1 aliphatic heterocycles. The fraction of sp³-hybridized carbons (Fsp3) is 0.583. The number of likely N-dealkylation sites (N-methyl/N-ethyl adjacent to an activating group) is 2. The summed E-state index contributed by atoms with van der Waals surface area (Å²) < 4.78 is 1.15. The van der Waals surface area contributed by atoms with Crippen molar-refractivity contribution in [3.63, 3.8) is 0 Å². The van der Waals surface area contributed by atoms with E-state index in [2.05, 4.69) is 51.8 Å². The van der Waals surface area contributed by atoms with Gasteiger partial charge in [0.15, 0.2) is 0 Å². The molecule has 2 heterocycles. The number of nitrogens with one attached hydrogen (secondary N) is 1. The van der Waals surface area contributed by atoms with E-state index < -0.39 is 0 Å². The molecule has 0 spiro atoms. The van der Waals surface area contributed by atoms with Crippen molar-refractivity contribution >= 4 is 39.8 Å². The molecule has 1 unspecified atom stereocenters. The fourth-order valence-corrected chi connectivity index (χ4v) is 3.39. The summed E-state index contributed by atoms with van der Waals surface area (Å²) in [6.07, 6.45) is 0. The monoisotopic (exact) mass is 379 g/mol. The lowest BCUT2D eigenvalue weighted by Crippen LogP contribution is -2.54. The summed E-state index contributed by atoms with van der Waals surface area (Å²) in [5.41, 5.74) is 0.774. The van der Waals surface area contributed by atoms with E-state index in [1.165, 1.54) is 0 Å².